The highest BCUT2D eigenvalue weighted by atomic mass is 35.5. The molecule has 0 radical (unpaired) electrons. The molecule has 2 rings (SSSR count). The van der Waals surface area contributed by atoms with Gasteiger partial charge in [-0.1, -0.05) is 11.6 Å². The Balaban J connectivity index is 1.97. The van der Waals surface area contributed by atoms with Gasteiger partial charge in [-0.15, -0.1) is 0 Å². The predicted octanol–water partition coefficient (Wildman–Crippen LogP) is 3.29. The minimum Gasteiger partial charge on any atom is -0.497 e. The summed E-state index contributed by atoms with van der Waals surface area (Å²) in [5, 5.41) is 2.46. The van der Waals surface area contributed by atoms with E-state index in [4.69, 9.17) is 25.8 Å². The summed E-state index contributed by atoms with van der Waals surface area (Å²) >= 11 is 5.77. The number of hydrogen-bond donors (Lipinski definition) is 1. The van der Waals surface area contributed by atoms with Gasteiger partial charge in [-0.3, -0.25) is 4.79 Å². The van der Waals surface area contributed by atoms with Crippen LogP contribution in [0.15, 0.2) is 36.4 Å². The SMILES string of the molecule is COc1cc(NC(=O)COC(=O)c2ccc(F)cc2Cl)cc(OC)c1. The molecule has 1 amide bonds. The third kappa shape index (κ3) is 5.09. The monoisotopic (exact) mass is 367 g/mol. The van der Waals surface area contributed by atoms with E-state index in [1.807, 2.05) is 0 Å². The van der Waals surface area contributed by atoms with Crippen molar-refractivity contribution in [1.82, 2.24) is 0 Å². The summed E-state index contributed by atoms with van der Waals surface area (Å²) < 4.78 is 28.0. The molecule has 8 heteroatoms. The van der Waals surface area contributed by atoms with Crippen molar-refractivity contribution in [3.05, 3.63) is 52.8 Å². The van der Waals surface area contributed by atoms with E-state index in [2.05, 4.69) is 5.32 Å². The van der Waals surface area contributed by atoms with Gasteiger partial charge in [-0.05, 0) is 18.2 Å². The minimum absolute atomic E-state index is 0.0288. The molecule has 0 aliphatic heterocycles. The number of esters is 1. The fourth-order valence-electron chi connectivity index (χ4n) is 1.94. The van der Waals surface area contributed by atoms with E-state index in [1.54, 1.807) is 18.2 Å². The Morgan fingerprint density at radius 3 is 2.28 bits per heavy atom. The lowest BCUT2D eigenvalue weighted by molar-refractivity contribution is -0.119. The Morgan fingerprint density at radius 2 is 1.72 bits per heavy atom. The molecule has 0 spiro atoms. The smallest absolute Gasteiger partial charge is 0.340 e. The van der Waals surface area contributed by atoms with E-state index in [-0.39, 0.29) is 10.6 Å². The number of carbonyl (C=O) groups excluding carboxylic acids is 2. The van der Waals surface area contributed by atoms with Crippen molar-refractivity contribution >= 4 is 29.2 Å². The number of methoxy groups -OCH3 is 2. The fraction of sp³-hybridized carbons (Fsp3) is 0.176. The van der Waals surface area contributed by atoms with Crippen LogP contribution in [0.5, 0.6) is 11.5 Å². The minimum atomic E-state index is -0.830. The molecule has 2 aromatic rings. The first-order valence-corrected chi connectivity index (χ1v) is 7.46. The van der Waals surface area contributed by atoms with Crippen LogP contribution in [-0.2, 0) is 9.53 Å². The number of halogens is 2. The molecule has 2 aromatic carbocycles. The molecule has 0 aliphatic rings. The lowest BCUT2D eigenvalue weighted by Crippen LogP contribution is -2.21. The van der Waals surface area contributed by atoms with E-state index in [0.717, 1.165) is 12.1 Å². The zero-order valence-electron chi connectivity index (χ0n) is 13.5. The fourth-order valence-corrected chi connectivity index (χ4v) is 2.18. The maximum absolute atomic E-state index is 13.0. The molecule has 0 saturated carbocycles. The van der Waals surface area contributed by atoms with E-state index >= 15 is 0 Å². The molecule has 6 nitrogen and oxygen atoms in total. The van der Waals surface area contributed by atoms with Gasteiger partial charge in [-0.25, -0.2) is 9.18 Å². The van der Waals surface area contributed by atoms with Crippen molar-refractivity contribution in [2.24, 2.45) is 0 Å². The Hall–Kier alpha value is -2.80. The maximum atomic E-state index is 13.0. The number of carbonyl (C=O) groups is 2. The predicted molar refractivity (Wildman–Crippen MR) is 89.9 cm³/mol. The summed E-state index contributed by atoms with van der Waals surface area (Å²) in [5.74, 6) is -0.994. The first-order valence-electron chi connectivity index (χ1n) is 7.08. The molecule has 25 heavy (non-hydrogen) atoms. The molecule has 0 unspecified atom stereocenters. The number of amides is 1. The van der Waals surface area contributed by atoms with Crippen LogP contribution < -0.4 is 14.8 Å². The Bertz CT molecular complexity index is 774. The second-order valence-corrected chi connectivity index (χ2v) is 5.26. The number of ether oxygens (including phenoxy) is 3. The average Bonchev–Trinajstić information content (AvgIpc) is 2.59. The van der Waals surface area contributed by atoms with Gasteiger partial charge in [0.2, 0.25) is 0 Å². The summed E-state index contributed by atoms with van der Waals surface area (Å²) in [6.07, 6.45) is 0. The van der Waals surface area contributed by atoms with Crippen LogP contribution in [0.25, 0.3) is 0 Å². The second kappa shape index (κ2) is 8.34. The summed E-state index contributed by atoms with van der Waals surface area (Å²) in [7, 11) is 2.96. The van der Waals surface area contributed by atoms with Crippen molar-refractivity contribution in [3.8, 4) is 11.5 Å². The standard InChI is InChI=1S/C17H15ClFNO5/c1-23-12-6-11(7-13(8-12)24-2)20-16(21)9-25-17(22)14-4-3-10(19)5-15(14)18/h3-8H,9H2,1-2H3,(H,20,21). The van der Waals surface area contributed by atoms with Crippen molar-refractivity contribution in [2.75, 3.05) is 26.1 Å². The number of hydrogen-bond acceptors (Lipinski definition) is 5. The first-order chi connectivity index (χ1) is 11.9. The molecule has 0 aromatic heterocycles. The molecular weight excluding hydrogens is 353 g/mol. The lowest BCUT2D eigenvalue weighted by atomic mass is 10.2. The molecular formula is C17H15ClFNO5. The van der Waals surface area contributed by atoms with Gasteiger partial charge in [-0.2, -0.15) is 0 Å². The van der Waals surface area contributed by atoms with Crippen molar-refractivity contribution in [2.45, 2.75) is 0 Å². The second-order valence-electron chi connectivity index (χ2n) is 4.85. The molecule has 0 heterocycles. The summed E-state index contributed by atoms with van der Waals surface area (Å²) in [5.41, 5.74) is 0.385. The molecule has 0 fully saturated rings. The van der Waals surface area contributed by atoms with Gasteiger partial charge in [0.15, 0.2) is 6.61 Å². The Kier molecular flexibility index (Phi) is 6.19. The molecule has 0 bridgehead atoms. The highest BCUT2D eigenvalue weighted by Crippen LogP contribution is 2.25. The highest BCUT2D eigenvalue weighted by Gasteiger charge is 2.15. The van der Waals surface area contributed by atoms with Crippen molar-refractivity contribution in [1.29, 1.82) is 0 Å². The van der Waals surface area contributed by atoms with Gasteiger partial charge in [0.1, 0.15) is 17.3 Å². The number of benzene rings is 2. The van der Waals surface area contributed by atoms with Crippen LogP contribution in [0, 0.1) is 5.82 Å². The van der Waals surface area contributed by atoms with Gasteiger partial charge in [0.05, 0.1) is 24.8 Å². The number of anilines is 1. The van der Waals surface area contributed by atoms with Gasteiger partial charge in [0.25, 0.3) is 5.91 Å². The molecule has 0 saturated heterocycles. The van der Waals surface area contributed by atoms with Crippen LogP contribution in [0.2, 0.25) is 5.02 Å². The van der Waals surface area contributed by atoms with E-state index in [1.165, 1.54) is 20.3 Å². The van der Waals surface area contributed by atoms with Crippen molar-refractivity contribution in [3.63, 3.8) is 0 Å². The molecule has 0 atom stereocenters. The molecule has 0 aliphatic carbocycles. The summed E-state index contributed by atoms with van der Waals surface area (Å²) in [4.78, 5) is 23.8. The van der Waals surface area contributed by atoms with Crippen LogP contribution in [0.3, 0.4) is 0 Å². The van der Waals surface area contributed by atoms with Gasteiger partial charge >= 0.3 is 5.97 Å². The van der Waals surface area contributed by atoms with Crippen molar-refractivity contribution < 1.29 is 28.2 Å². The molecule has 132 valence electrons. The van der Waals surface area contributed by atoms with E-state index < -0.39 is 24.3 Å². The topological polar surface area (TPSA) is 73.9 Å². The third-order valence-electron chi connectivity index (χ3n) is 3.12. The van der Waals surface area contributed by atoms with Crippen LogP contribution in [0.1, 0.15) is 10.4 Å². The zero-order chi connectivity index (χ0) is 18.4. The molecule has 1 N–H and O–H groups in total. The number of nitrogens with one attached hydrogen (secondary N) is 1. The highest BCUT2D eigenvalue weighted by molar-refractivity contribution is 6.33. The van der Waals surface area contributed by atoms with E-state index in [9.17, 15) is 14.0 Å². The maximum Gasteiger partial charge on any atom is 0.340 e. The average molecular weight is 368 g/mol. The Morgan fingerprint density at radius 1 is 1.08 bits per heavy atom. The van der Waals surface area contributed by atoms with Gasteiger partial charge < -0.3 is 19.5 Å². The lowest BCUT2D eigenvalue weighted by Gasteiger charge is -2.10. The quantitative estimate of drug-likeness (QED) is 0.793. The van der Waals surface area contributed by atoms with Crippen LogP contribution >= 0.6 is 11.6 Å². The normalized spacial score (nSPS) is 10.1. The zero-order valence-corrected chi connectivity index (χ0v) is 14.2. The summed E-state index contributed by atoms with van der Waals surface area (Å²) in [6.45, 7) is -0.536. The largest absolute Gasteiger partial charge is 0.497 e. The third-order valence-corrected chi connectivity index (χ3v) is 3.43. The number of rotatable bonds is 6. The van der Waals surface area contributed by atoms with Crippen LogP contribution in [-0.4, -0.2) is 32.7 Å². The van der Waals surface area contributed by atoms with E-state index in [0.29, 0.717) is 17.2 Å². The van der Waals surface area contributed by atoms with Crippen LogP contribution in [0.4, 0.5) is 10.1 Å². The summed E-state index contributed by atoms with van der Waals surface area (Å²) in [6, 6.07) is 8.06. The first kappa shape index (κ1) is 18.5. The van der Waals surface area contributed by atoms with Gasteiger partial charge in [0, 0.05) is 23.9 Å². The Labute approximate surface area is 148 Å².